The molecule has 7 heteroatoms. The first kappa shape index (κ1) is 16.1. The number of fused-ring (bicyclic) bond motifs is 1. The normalized spacial score (nSPS) is 20.0. The first-order valence-corrected chi connectivity index (χ1v) is 8.58. The van der Waals surface area contributed by atoms with Crippen LogP contribution in [0.4, 0.5) is 29.7 Å². The number of nitrogens with zero attached hydrogens (tertiary/aromatic N) is 2. The minimum atomic E-state index is -4.39. The lowest BCUT2D eigenvalue weighted by molar-refractivity contribution is -0.137. The predicted molar refractivity (Wildman–Crippen MR) is 91.5 cm³/mol. The zero-order valence-corrected chi connectivity index (χ0v) is 13.8. The molecular weight excluding hydrogens is 349 g/mol. The fraction of sp³-hybridized carbons (Fsp3) is 0.167. The summed E-state index contributed by atoms with van der Waals surface area (Å²) in [7, 11) is 0. The third-order valence-electron chi connectivity index (χ3n) is 4.32. The van der Waals surface area contributed by atoms with Crippen LogP contribution in [0.15, 0.2) is 60.1 Å². The summed E-state index contributed by atoms with van der Waals surface area (Å²) in [5, 5.41) is 2.55. The van der Waals surface area contributed by atoms with Crippen molar-refractivity contribution in [2.24, 2.45) is 0 Å². The molecule has 0 bridgehead atoms. The number of quaternary nitrogens is 1. The van der Waals surface area contributed by atoms with Gasteiger partial charge in [0.25, 0.3) is 5.13 Å². The van der Waals surface area contributed by atoms with E-state index in [4.69, 9.17) is 4.74 Å². The second-order valence-electron chi connectivity index (χ2n) is 5.71. The Hall–Kier alpha value is -2.38. The molecule has 0 saturated carbocycles. The molecular formula is C18H14F3N2OS+. The molecule has 128 valence electrons. The molecule has 1 aliphatic heterocycles. The van der Waals surface area contributed by atoms with Crippen molar-refractivity contribution in [2.75, 3.05) is 13.2 Å². The summed E-state index contributed by atoms with van der Waals surface area (Å²) in [5.41, 5.74) is 0.659. The summed E-state index contributed by atoms with van der Waals surface area (Å²) in [6.45, 7) is 0.874. The van der Waals surface area contributed by atoms with Crippen molar-refractivity contribution in [3.8, 4) is 5.75 Å². The third-order valence-corrected chi connectivity index (χ3v) is 5.21. The molecule has 1 aromatic heterocycles. The van der Waals surface area contributed by atoms with E-state index < -0.39 is 11.7 Å². The number of benzene rings is 2. The molecule has 0 amide bonds. The van der Waals surface area contributed by atoms with Gasteiger partial charge in [-0.1, -0.05) is 29.5 Å². The average molecular weight is 363 g/mol. The van der Waals surface area contributed by atoms with Crippen LogP contribution in [0.1, 0.15) is 5.56 Å². The lowest BCUT2D eigenvalue weighted by Gasteiger charge is -2.38. The van der Waals surface area contributed by atoms with E-state index in [0.29, 0.717) is 24.6 Å². The SMILES string of the molecule is FC(F)(F)c1cccc([N+]2(c3nccs3)CCOc3ccccc32)c1. The first-order chi connectivity index (χ1) is 12.0. The molecule has 0 aliphatic carbocycles. The molecule has 1 aliphatic rings. The zero-order chi connectivity index (χ0) is 17.5. The van der Waals surface area contributed by atoms with E-state index in [0.717, 1.165) is 16.9 Å². The van der Waals surface area contributed by atoms with Crippen molar-refractivity contribution in [1.82, 2.24) is 9.47 Å². The smallest absolute Gasteiger partial charge is 0.416 e. The maximum atomic E-state index is 13.3. The molecule has 0 spiro atoms. The maximum Gasteiger partial charge on any atom is 0.416 e. The lowest BCUT2D eigenvalue weighted by Crippen LogP contribution is -2.45. The molecule has 1 atom stereocenters. The Kier molecular flexibility index (Phi) is 3.77. The van der Waals surface area contributed by atoms with Crippen molar-refractivity contribution in [3.05, 3.63) is 65.7 Å². The van der Waals surface area contributed by atoms with Gasteiger partial charge in [0.1, 0.15) is 18.8 Å². The van der Waals surface area contributed by atoms with E-state index in [2.05, 4.69) is 4.98 Å². The number of halogens is 3. The second-order valence-corrected chi connectivity index (χ2v) is 6.59. The number of para-hydroxylation sites is 2. The molecule has 0 saturated heterocycles. The summed E-state index contributed by atoms with van der Waals surface area (Å²) < 4.78 is 45.6. The summed E-state index contributed by atoms with van der Waals surface area (Å²) in [5.74, 6) is 0.668. The predicted octanol–water partition coefficient (Wildman–Crippen LogP) is 5.53. The Morgan fingerprint density at radius 2 is 1.92 bits per heavy atom. The van der Waals surface area contributed by atoms with Crippen LogP contribution in [-0.4, -0.2) is 18.1 Å². The summed E-state index contributed by atoms with van der Waals surface area (Å²) in [4.78, 5) is 4.43. The highest BCUT2D eigenvalue weighted by atomic mass is 32.1. The maximum absolute atomic E-state index is 13.3. The molecule has 25 heavy (non-hydrogen) atoms. The number of hydrogen-bond acceptors (Lipinski definition) is 3. The summed E-state index contributed by atoms with van der Waals surface area (Å²) in [6.07, 6.45) is -2.72. The van der Waals surface area contributed by atoms with Crippen molar-refractivity contribution in [2.45, 2.75) is 6.18 Å². The number of ether oxygens (including phenoxy) is 1. The largest absolute Gasteiger partial charge is 0.481 e. The lowest BCUT2D eigenvalue weighted by atomic mass is 10.1. The average Bonchev–Trinajstić information content (AvgIpc) is 3.15. The highest BCUT2D eigenvalue weighted by Gasteiger charge is 2.45. The van der Waals surface area contributed by atoms with E-state index in [1.165, 1.54) is 23.5 Å². The Labute approximate surface area is 146 Å². The van der Waals surface area contributed by atoms with E-state index in [1.807, 2.05) is 29.6 Å². The Morgan fingerprint density at radius 1 is 1.08 bits per heavy atom. The minimum absolute atomic E-state index is 0.123. The number of thiazole rings is 1. The Balaban J connectivity index is 2.00. The van der Waals surface area contributed by atoms with Gasteiger partial charge in [0.2, 0.25) is 0 Å². The van der Waals surface area contributed by atoms with Crippen LogP contribution in [0, 0.1) is 0 Å². The van der Waals surface area contributed by atoms with Crippen LogP contribution in [0.3, 0.4) is 0 Å². The fourth-order valence-corrected chi connectivity index (χ4v) is 4.05. The monoisotopic (exact) mass is 363 g/mol. The fourth-order valence-electron chi connectivity index (χ4n) is 3.21. The van der Waals surface area contributed by atoms with Gasteiger partial charge in [0.15, 0.2) is 11.4 Å². The van der Waals surface area contributed by atoms with Gasteiger partial charge in [-0.25, -0.2) is 0 Å². The van der Waals surface area contributed by atoms with Gasteiger partial charge in [-0.05, 0) is 12.1 Å². The van der Waals surface area contributed by atoms with Crippen molar-refractivity contribution in [3.63, 3.8) is 0 Å². The number of rotatable bonds is 2. The van der Waals surface area contributed by atoms with Gasteiger partial charge < -0.3 is 4.74 Å². The molecule has 0 fully saturated rings. The molecule has 0 N–H and O–H groups in total. The van der Waals surface area contributed by atoms with Gasteiger partial charge in [0, 0.05) is 29.8 Å². The number of alkyl halides is 3. The number of aromatic nitrogens is 1. The highest BCUT2D eigenvalue weighted by Crippen LogP contribution is 2.51. The van der Waals surface area contributed by atoms with Gasteiger partial charge in [-0.3, -0.25) is 0 Å². The number of hydrogen-bond donors (Lipinski definition) is 0. The van der Waals surface area contributed by atoms with Gasteiger partial charge in [0.05, 0.1) is 5.56 Å². The van der Waals surface area contributed by atoms with Crippen LogP contribution in [0.25, 0.3) is 0 Å². The molecule has 2 heterocycles. The van der Waals surface area contributed by atoms with Crippen molar-refractivity contribution in [1.29, 1.82) is 0 Å². The topological polar surface area (TPSA) is 22.1 Å². The molecule has 0 radical (unpaired) electrons. The quantitative estimate of drug-likeness (QED) is 0.559. The minimum Gasteiger partial charge on any atom is -0.481 e. The Bertz CT molecular complexity index is 895. The van der Waals surface area contributed by atoms with E-state index in [-0.39, 0.29) is 4.48 Å². The van der Waals surface area contributed by atoms with E-state index in [1.54, 1.807) is 12.3 Å². The van der Waals surface area contributed by atoms with Gasteiger partial charge in [-0.15, -0.1) is 0 Å². The van der Waals surface area contributed by atoms with Crippen molar-refractivity contribution < 1.29 is 17.9 Å². The highest BCUT2D eigenvalue weighted by molar-refractivity contribution is 7.13. The Morgan fingerprint density at radius 3 is 2.68 bits per heavy atom. The van der Waals surface area contributed by atoms with E-state index in [9.17, 15) is 13.2 Å². The standard InChI is InChI=1S/C18H14F3N2OS/c19-18(20,21)13-4-3-5-14(12-13)23(17-22-8-11-25-17)9-10-24-16-7-2-1-6-15(16)23/h1-8,11-12H,9-10H2/q+1. The first-order valence-electron chi connectivity index (χ1n) is 7.70. The van der Waals surface area contributed by atoms with E-state index >= 15 is 0 Å². The van der Waals surface area contributed by atoms with Gasteiger partial charge >= 0.3 is 6.18 Å². The molecule has 4 rings (SSSR count). The van der Waals surface area contributed by atoms with Crippen LogP contribution in [0.2, 0.25) is 0 Å². The molecule has 2 aromatic carbocycles. The summed E-state index contributed by atoms with van der Waals surface area (Å²) in [6, 6.07) is 12.9. The van der Waals surface area contributed by atoms with Crippen LogP contribution in [-0.2, 0) is 6.18 Å². The molecule has 1 unspecified atom stereocenters. The van der Waals surface area contributed by atoms with Crippen molar-refractivity contribution >= 4 is 27.8 Å². The summed E-state index contributed by atoms with van der Waals surface area (Å²) >= 11 is 1.42. The van der Waals surface area contributed by atoms with Crippen LogP contribution < -0.4 is 9.22 Å². The zero-order valence-electron chi connectivity index (χ0n) is 13.0. The molecule has 3 aromatic rings. The van der Waals surface area contributed by atoms with Crippen LogP contribution >= 0.6 is 11.3 Å². The third kappa shape index (κ3) is 2.60. The van der Waals surface area contributed by atoms with Crippen LogP contribution in [0.5, 0.6) is 5.75 Å². The second kappa shape index (κ2) is 5.86. The van der Waals surface area contributed by atoms with Gasteiger partial charge in [-0.2, -0.15) is 22.6 Å². The molecule has 3 nitrogen and oxygen atoms in total.